The number of fused-ring (bicyclic) bond motifs is 2. The summed E-state index contributed by atoms with van der Waals surface area (Å²) in [6.07, 6.45) is 4.91. The first-order chi connectivity index (χ1) is 12.7. The predicted molar refractivity (Wildman–Crippen MR) is 101 cm³/mol. The van der Waals surface area contributed by atoms with Gasteiger partial charge in [-0.1, -0.05) is 32.4 Å². The van der Waals surface area contributed by atoms with Crippen molar-refractivity contribution < 1.29 is 9.59 Å². The number of rotatable bonds is 6. The summed E-state index contributed by atoms with van der Waals surface area (Å²) in [7, 11) is 0. The maximum absolute atomic E-state index is 13.2. The Hall–Kier alpha value is -2.80. The van der Waals surface area contributed by atoms with Gasteiger partial charge in [-0.3, -0.25) is 19.4 Å². The monoisotopic (exact) mass is 353 g/mol. The second-order valence-electron chi connectivity index (χ2n) is 6.18. The number of aromatic nitrogens is 2. The number of likely N-dealkylation sites (N-methyl/N-ethyl adjacent to an activating group) is 1. The summed E-state index contributed by atoms with van der Waals surface area (Å²) < 4.78 is 0. The number of benzene rings is 1. The maximum Gasteiger partial charge on any atom is 0.261 e. The zero-order chi connectivity index (χ0) is 18.5. The number of anilines is 3. The Balaban J connectivity index is 2.00. The normalized spacial score (nSPS) is 13.0. The number of amides is 2. The molecule has 0 fully saturated rings. The topological polar surface area (TPSA) is 78.4 Å². The minimum atomic E-state index is -0.318. The van der Waals surface area contributed by atoms with Gasteiger partial charge in [0.25, 0.3) is 5.91 Å². The molecule has 1 aliphatic heterocycles. The first-order valence-corrected chi connectivity index (χ1v) is 8.91. The molecule has 0 radical (unpaired) electrons. The van der Waals surface area contributed by atoms with Gasteiger partial charge in [0.05, 0.1) is 17.9 Å². The van der Waals surface area contributed by atoms with E-state index in [4.69, 9.17) is 0 Å². The summed E-state index contributed by atoms with van der Waals surface area (Å²) in [5, 5.41) is 2.84. The predicted octanol–water partition coefficient (Wildman–Crippen LogP) is 2.83. The molecule has 7 heteroatoms. The van der Waals surface area contributed by atoms with Crippen LogP contribution in [-0.2, 0) is 4.79 Å². The van der Waals surface area contributed by atoms with E-state index in [0.717, 1.165) is 25.9 Å². The Morgan fingerprint density at radius 1 is 1.27 bits per heavy atom. The van der Waals surface area contributed by atoms with E-state index in [1.54, 1.807) is 6.07 Å². The van der Waals surface area contributed by atoms with Crippen molar-refractivity contribution in [2.45, 2.75) is 26.7 Å². The van der Waals surface area contributed by atoms with Gasteiger partial charge in [-0.15, -0.1) is 0 Å². The molecule has 1 N–H and O–H groups in total. The van der Waals surface area contributed by atoms with Crippen LogP contribution in [0.4, 0.5) is 17.2 Å². The lowest BCUT2D eigenvalue weighted by Gasteiger charge is -2.26. The van der Waals surface area contributed by atoms with E-state index in [1.807, 2.05) is 25.1 Å². The molecule has 7 nitrogen and oxygen atoms in total. The van der Waals surface area contributed by atoms with E-state index in [0.29, 0.717) is 17.2 Å². The third-order valence-corrected chi connectivity index (χ3v) is 4.42. The standard InChI is InChI=1S/C19H23N5O2/c1-3-5-10-23(4-2)12-17(25)24-16-9-7-6-8-15(16)22-19(26)14-11-20-13-21-18(14)24/h6-9,11,13H,3-5,10,12H2,1-2H3,(H,22,26). The highest BCUT2D eigenvalue weighted by atomic mass is 16.2. The number of para-hydroxylation sites is 2. The molecule has 0 saturated heterocycles. The van der Waals surface area contributed by atoms with Gasteiger partial charge < -0.3 is 5.32 Å². The fourth-order valence-corrected chi connectivity index (χ4v) is 2.98. The fraction of sp³-hybridized carbons (Fsp3) is 0.368. The third-order valence-electron chi connectivity index (χ3n) is 4.42. The van der Waals surface area contributed by atoms with E-state index in [9.17, 15) is 9.59 Å². The smallest absolute Gasteiger partial charge is 0.261 e. The fourth-order valence-electron chi connectivity index (χ4n) is 2.98. The second kappa shape index (κ2) is 8.05. The van der Waals surface area contributed by atoms with Crippen molar-refractivity contribution in [1.29, 1.82) is 0 Å². The van der Waals surface area contributed by atoms with Gasteiger partial charge in [-0.2, -0.15) is 0 Å². The van der Waals surface area contributed by atoms with E-state index in [2.05, 4.69) is 27.1 Å². The average molecular weight is 353 g/mol. The molecule has 2 heterocycles. The minimum Gasteiger partial charge on any atom is -0.320 e. The van der Waals surface area contributed by atoms with Crippen molar-refractivity contribution in [3.05, 3.63) is 42.4 Å². The van der Waals surface area contributed by atoms with Crippen LogP contribution in [0, 0.1) is 0 Å². The molecule has 1 aliphatic rings. The molecule has 2 aromatic rings. The van der Waals surface area contributed by atoms with Crippen molar-refractivity contribution in [2.24, 2.45) is 0 Å². The number of unbranched alkanes of at least 4 members (excludes halogenated alkanes) is 1. The summed E-state index contributed by atoms with van der Waals surface area (Å²) >= 11 is 0. The molecule has 26 heavy (non-hydrogen) atoms. The summed E-state index contributed by atoms with van der Waals surface area (Å²) in [6.45, 7) is 6.09. The van der Waals surface area contributed by atoms with E-state index >= 15 is 0 Å². The number of carbonyl (C=O) groups excluding carboxylic acids is 2. The van der Waals surface area contributed by atoms with Gasteiger partial charge in [0, 0.05) is 6.20 Å². The van der Waals surface area contributed by atoms with Crippen LogP contribution in [0.25, 0.3) is 0 Å². The van der Waals surface area contributed by atoms with Gasteiger partial charge in [0.1, 0.15) is 11.9 Å². The molecular formula is C19H23N5O2. The van der Waals surface area contributed by atoms with Crippen LogP contribution in [0.15, 0.2) is 36.8 Å². The third kappa shape index (κ3) is 3.57. The Morgan fingerprint density at radius 3 is 2.85 bits per heavy atom. The molecule has 0 aliphatic carbocycles. The second-order valence-corrected chi connectivity index (χ2v) is 6.18. The zero-order valence-corrected chi connectivity index (χ0v) is 15.1. The van der Waals surface area contributed by atoms with Crippen LogP contribution in [0.5, 0.6) is 0 Å². The van der Waals surface area contributed by atoms with Crippen LogP contribution in [0.1, 0.15) is 37.0 Å². The van der Waals surface area contributed by atoms with E-state index in [1.165, 1.54) is 17.4 Å². The molecular weight excluding hydrogens is 330 g/mol. The SMILES string of the molecule is CCCCN(CC)CC(=O)N1c2ccccc2NC(=O)c2cncnc21. The van der Waals surface area contributed by atoms with Crippen LogP contribution in [0.2, 0.25) is 0 Å². The lowest BCUT2D eigenvalue weighted by atomic mass is 10.2. The molecule has 0 saturated carbocycles. The first kappa shape index (κ1) is 18.0. The number of carbonyl (C=O) groups is 2. The van der Waals surface area contributed by atoms with E-state index < -0.39 is 0 Å². The molecule has 2 amide bonds. The van der Waals surface area contributed by atoms with Crippen LogP contribution < -0.4 is 10.2 Å². The molecule has 3 rings (SSSR count). The van der Waals surface area contributed by atoms with Crippen molar-refractivity contribution in [3.63, 3.8) is 0 Å². The highest BCUT2D eigenvalue weighted by Crippen LogP contribution is 2.36. The maximum atomic E-state index is 13.2. The number of hydrogen-bond donors (Lipinski definition) is 1. The zero-order valence-electron chi connectivity index (χ0n) is 15.1. The summed E-state index contributed by atoms with van der Waals surface area (Å²) in [5.41, 5.74) is 1.49. The van der Waals surface area contributed by atoms with Gasteiger partial charge in [-0.05, 0) is 31.6 Å². The molecule has 136 valence electrons. The van der Waals surface area contributed by atoms with Crippen molar-refractivity contribution in [2.75, 3.05) is 29.9 Å². The van der Waals surface area contributed by atoms with E-state index in [-0.39, 0.29) is 23.9 Å². The van der Waals surface area contributed by atoms with Gasteiger partial charge in [0.2, 0.25) is 5.91 Å². The van der Waals surface area contributed by atoms with Crippen LogP contribution >= 0.6 is 0 Å². The highest BCUT2D eigenvalue weighted by Gasteiger charge is 2.31. The van der Waals surface area contributed by atoms with Crippen LogP contribution in [-0.4, -0.2) is 46.3 Å². The Kier molecular flexibility index (Phi) is 5.58. The summed E-state index contributed by atoms with van der Waals surface area (Å²) in [5.74, 6) is -0.118. The first-order valence-electron chi connectivity index (χ1n) is 8.91. The molecule has 0 unspecified atom stereocenters. The quantitative estimate of drug-likeness (QED) is 0.864. The molecule has 1 aromatic carbocycles. The van der Waals surface area contributed by atoms with Crippen molar-refractivity contribution in [3.8, 4) is 0 Å². The van der Waals surface area contributed by atoms with Crippen molar-refractivity contribution in [1.82, 2.24) is 14.9 Å². The molecule has 0 atom stereocenters. The average Bonchev–Trinajstić information content (AvgIpc) is 2.79. The lowest BCUT2D eigenvalue weighted by Crippen LogP contribution is -2.39. The summed E-state index contributed by atoms with van der Waals surface area (Å²) in [4.78, 5) is 37.5. The van der Waals surface area contributed by atoms with Crippen molar-refractivity contribution >= 4 is 29.0 Å². The van der Waals surface area contributed by atoms with Gasteiger partial charge in [-0.25, -0.2) is 9.97 Å². The highest BCUT2D eigenvalue weighted by molar-refractivity contribution is 6.17. The Bertz CT molecular complexity index is 808. The Labute approximate surface area is 153 Å². The van der Waals surface area contributed by atoms with Crippen LogP contribution in [0.3, 0.4) is 0 Å². The molecule has 0 spiro atoms. The molecule has 0 bridgehead atoms. The lowest BCUT2D eigenvalue weighted by molar-refractivity contribution is -0.119. The van der Waals surface area contributed by atoms with Gasteiger partial charge >= 0.3 is 0 Å². The molecule has 1 aromatic heterocycles. The largest absolute Gasteiger partial charge is 0.320 e. The number of hydrogen-bond acceptors (Lipinski definition) is 5. The number of nitrogens with zero attached hydrogens (tertiary/aromatic N) is 4. The minimum absolute atomic E-state index is 0.119. The Morgan fingerprint density at radius 2 is 2.08 bits per heavy atom. The summed E-state index contributed by atoms with van der Waals surface area (Å²) in [6, 6.07) is 7.25. The van der Waals surface area contributed by atoms with Gasteiger partial charge in [0.15, 0.2) is 5.82 Å². The number of nitrogens with one attached hydrogen (secondary N) is 1.